The van der Waals surface area contributed by atoms with E-state index in [4.69, 9.17) is 0 Å². The summed E-state index contributed by atoms with van der Waals surface area (Å²) in [4.78, 5) is 0. The molecule has 0 saturated carbocycles. The summed E-state index contributed by atoms with van der Waals surface area (Å²) in [6.45, 7) is 4.77. The van der Waals surface area contributed by atoms with Gasteiger partial charge in [0.05, 0.1) is 11.0 Å². The Labute approximate surface area is 331 Å². The molecule has 0 N–H and O–H groups in total. The molecule has 2 heteroatoms. The Kier molecular flexibility index (Phi) is 6.57. The predicted octanol–water partition coefficient (Wildman–Crippen LogP) is 14.6. The SMILES string of the molecule is Cn1c2ccccc2c2cccc(-c3cccc4c(-c5cccc6c5-c5ccccc5C6(C)C)c5cccc(-c6cccc7c8ccccc8n(C)c67)c5cc34)c21. The van der Waals surface area contributed by atoms with Gasteiger partial charge in [-0.2, -0.15) is 0 Å². The highest BCUT2D eigenvalue weighted by molar-refractivity contribution is 6.24. The van der Waals surface area contributed by atoms with Gasteiger partial charge in [0, 0.05) is 63.2 Å². The van der Waals surface area contributed by atoms with Crippen LogP contribution >= 0.6 is 0 Å². The fraction of sp³-hybridized carbons (Fsp3) is 0.0909. The van der Waals surface area contributed by atoms with Crippen LogP contribution in [-0.4, -0.2) is 9.13 Å². The lowest BCUT2D eigenvalue weighted by Crippen LogP contribution is -2.14. The summed E-state index contributed by atoms with van der Waals surface area (Å²) in [6.07, 6.45) is 0. The van der Waals surface area contributed by atoms with Crippen LogP contribution in [0.5, 0.6) is 0 Å². The third-order valence-electron chi connectivity index (χ3n) is 13.4. The van der Waals surface area contributed by atoms with Crippen molar-refractivity contribution in [3.8, 4) is 44.5 Å². The molecule has 0 saturated heterocycles. The Balaban J connectivity index is 1.26. The van der Waals surface area contributed by atoms with Crippen LogP contribution in [0.25, 0.3) is 110 Å². The van der Waals surface area contributed by atoms with Crippen molar-refractivity contribution >= 4 is 65.2 Å². The van der Waals surface area contributed by atoms with Crippen LogP contribution in [0.4, 0.5) is 0 Å². The van der Waals surface area contributed by atoms with Crippen molar-refractivity contribution in [2.24, 2.45) is 14.1 Å². The first-order chi connectivity index (χ1) is 27.9. The second-order valence-corrected chi connectivity index (χ2v) is 16.5. The molecule has 0 radical (unpaired) electrons. The summed E-state index contributed by atoms with van der Waals surface area (Å²) in [6, 6.07) is 63.8. The van der Waals surface area contributed by atoms with Crippen LogP contribution in [0.3, 0.4) is 0 Å². The first-order valence-electron chi connectivity index (χ1n) is 20.1. The van der Waals surface area contributed by atoms with E-state index in [9.17, 15) is 0 Å². The molecule has 12 rings (SSSR count). The molecule has 0 spiro atoms. The Bertz CT molecular complexity index is 3340. The van der Waals surface area contributed by atoms with Gasteiger partial charge in [0.1, 0.15) is 0 Å². The van der Waals surface area contributed by atoms with Crippen LogP contribution in [-0.2, 0) is 19.5 Å². The number of aryl methyl sites for hydroxylation is 2. The maximum Gasteiger partial charge on any atom is 0.0568 e. The highest BCUT2D eigenvalue weighted by atomic mass is 14.9. The topological polar surface area (TPSA) is 9.86 Å². The molecule has 2 heterocycles. The van der Waals surface area contributed by atoms with Gasteiger partial charge >= 0.3 is 0 Å². The van der Waals surface area contributed by atoms with Gasteiger partial charge in [-0.3, -0.25) is 0 Å². The van der Waals surface area contributed by atoms with Gasteiger partial charge in [0.2, 0.25) is 0 Å². The fourth-order valence-corrected chi connectivity index (χ4v) is 10.8. The molecular weight excluding hydrogens is 689 g/mol. The van der Waals surface area contributed by atoms with E-state index in [1.54, 1.807) is 0 Å². The summed E-state index contributed by atoms with van der Waals surface area (Å²) >= 11 is 0. The summed E-state index contributed by atoms with van der Waals surface area (Å²) < 4.78 is 4.77. The molecule has 11 aromatic rings. The van der Waals surface area contributed by atoms with E-state index in [0.29, 0.717) is 0 Å². The molecule has 9 aromatic carbocycles. The largest absolute Gasteiger partial charge is 0.343 e. The molecule has 0 unspecified atom stereocenters. The molecule has 57 heavy (non-hydrogen) atoms. The minimum Gasteiger partial charge on any atom is -0.343 e. The van der Waals surface area contributed by atoms with E-state index in [1.807, 2.05) is 0 Å². The summed E-state index contributed by atoms with van der Waals surface area (Å²) in [5.41, 5.74) is 18.0. The molecule has 2 nitrogen and oxygen atoms in total. The maximum atomic E-state index is 2.50. The van der Waals surface area contributed by atoms with Crippen molar-refractivity contribution in [1.82, 2.24) is 9.13 Å². The number of aromatic nitrogens is 2. The van der Waals surface area contributed by atoms with Gasteiger partial charge in [-0.05, 0) is 84.3 Å². The van der Waals surface area contributed by atoms with Crippen LogP contribution in [0.2, 0.25) is 0 Å². The number of para-hydroxylation sites is 4. The summed E-state index contributed by atoms with van der Waals surface area (Å²) in [7, 11) is 4.43. The van der Waals surface area contributed by atoms with E-state index < -0.39 is 0 Å². The zero-order chi connectivity index (χ0) is 38.2. The number of hydrogen-bond acceptors (Lipinski definition) is 0. The number of hydrogen-bond donors (Lipinski definition) is 0. The maximum absolute atomic E-state index is 2.50. The predicted molar refractivity (Wildman–Crippen MR) is 243 cm³/mol. The smallest absolute Gasteiger partial charge is 0.0568 e. The molecule has 0 aliphatic heterocycles. The Hall–Kier alpha value is -6.90. The van der Waals surface area contributed by atoms with Gasteiger partial charge < -0.3 is 9.13 Å². The van der Waals surface area contributed by atoms with Crippen molar-refractivity contribution < 1.29 is 0 Å². The van der Waals surface area contributed by atoms with Crippen LogP contribution in [0, 0.1) is 0 Å². The van der Waals surface area contributed by atoms with Crippen molar-refractivity contribution in [1.29, 1.82) is 0 Å². The average Bonchev–Trinajstić information content (AvgIpc) is 3.81. The fourth-order valence-electron chi connectivity index (χ4n) is 10.8. The quantitative estimate of drug-likeness (QED) is 0.160. The van der Waals surface area contributed by atoms with Gasteiger partial charge in [0.15, 0.2) is 0 Å². The van der Waals surface area contributed by atoms with Gasteiger partial charge in [-0.1, -0.05) is 166 Å². The number of fused-ring (bicyclic) bond motifs is 11. The van der Waals surface area contributed by atoms with E-state index in [2.05, 4.69) is 207 Å². The molecule has 0 fully saturated rings. The van der Waals surface area contributed by atoms with Gasteiger partial charge in [-0.25, -0.2) is 0 Å². The second-order valence-electron chi connectivity index (χ2n) is 16.5. The van der Waals surface area contributed by atoms with E-state index >= 15 is 0 Å². The first-order valence-corrected chi connectivity index (χ1v) is 20.1. The number of nitrogens with zero attached hydrogens (tertiary/aromatic N) is 2. The molecule has 0 amide bonds. The van der Waals surface area contributed by atoms with E-state index in [-0.39, 0.29) is 5.41 Å². The standard InChI is InChI=1S/C55H40N2/c1-55(2)47-28-8-5-18-43(47)52-44(27-15-29-48(52)55)51-37-21-11-19-33(39-23-13-25-41-35-16-6-9-30-49(35)56(3)53(39)41)45(37)32-46-34(20-12-22-38(46)51)40-24-14-26-42-36-17-7-10-31-50(36)57(4)54(40)42/h5-32H,1-4H3. The summed E-state index contributed by atoms with van der Waals surface area (Å²) in [5, 5.41) is 10.2. The highest BCUT2D eigenvalue weighted by Gasteiger charge is 2.37. The Morgan fingerprint density at radius 3 is 1.30 bits per heavy atom. The number of benzene rings is 9. The zero-order valence-corrected chi connectivity index (χ0v) is 32.6. The van der Waals surface area contributed by atoms with E-state index in [1.165, 1.54) is 121 Å². The molecule has 0 atom stereocenters. The minimum absolute atomic E-state index is 0.104. The molecule has 1 aliphatic rings. The lowest BCUT2D eigenvalue weighted by atomic mass is 9.81. The average molecular weight is 729 g/mol. The third-order valence-corrected chi connectivity index (χ3v) is 13.4. The zero-order valence-electron chi connectivity index (χ0n) is 32.6. The molecule has 0 bridgehead atoms. The highest BCUT2D eigenvalue weighted by Crippen LogP contribution is 2.54. The lowest BCUT2D eigenvalue weighted by Gasteiger charge is -2.22. The van der Waals surface area contributed by atoms with Gasteiger partial charge in [-0.15, -0.1) is 0 Å². The lowest BCUT2D eigenvalue weighted by molar-refractivity contribution is 0.660. The van der Waals surface area contributed by atoms with Crippen molar-refractivity contribution in [3.63, 3.8) is 0 Å². The normalized spacial score (nSPS) is 13.4. The number of rotatable bonds is 3. The Morgan fingerprint density at radius 1 is 0.316 bits per heavy atom. The van der Waals surface area contributed by atoms with Crippen molar-refractivity contribution in [3.05, 3.63) is 181 Å². The minimum atomic E-state index is -0.104. The monoisotopic (exact) mass is 728 g/mol. The molecular formula is C55H40N2. The van der Waals surface area contributed by atoms with Crippen LogP contribution < -0.4 is 0 Å². The van der Waals surface area contributed by atoms with E-state index in [0.717, 1.165) is 0 Å². The molecule has 270 valence electrons. The third kappa shape index (κ3) is 4.25. The molecule has 2 aromatic heterocycles. The van der Waals surface area contributed by atoms with Crippen LogP contribution in [0.1, 0.15) is 25.0 Å². The first kappa shape index (κ1) is 32.4. The van der Waals surface area contributed by atoms with Crippen molar-refractivity contribution in [2.45, 2.75) is 19.3 Å². The van der Waals surface area contributed by atoms with Crippen molar-refractivity contribution in [2.75, 3.05) is 0 Å². The Morgan fingerprint density at radius 2 is 0.719 bits per heavy atom. The second kappa shape index (κ2) is 11.6. The molecule has 1 aliphatic carbocycles. The van der Waals surface area contributed by atoms with Crippen LogP contribution in [0.15, 0.2) is 170 Å². The summed E-state index contributed by atoms with van der Waals surface area (Å²) in [5.74, 6) is 0. The van der Waals surface area contributed by atoms with Gasteiger partial charge in [0.25, 0.3) is 0 Å².